The molecule has 0 spiro atoms. The van der Waals surface area contributed by atoms with Crippen molar-refractivity contribution in [2.45, 2.75) is 51.5 Å². The summed E-state index contributed by atoms with van der Waals surface area (Å²) in [6.45, 7) is 7.30. The highest BCUT2D eigenvalue weighted by molar-refractivity contribution is 5.34. The van der Waals surface area contributed by atoms with Gasteiger partial charge in [-0.3, -0.25) is 14.6 Å². The monoisotopic (exact) mass is 423 g/mol. The first-order valence-corrected chi connectivity index (χ1v) is 11.3. The summed E-state index contributed by atoms with van der Waals surface area (Å²) in [5.41, 5.74) is 5.10. The Morgan fingerprint density at radius 3 is 2.65 bits per heavy atom. The van der Waals surface area contributed by atoms with Gasteiger partial charge in [-0.15, -0.1) is 0 Å². The molecule has 0 N–H and O–H groups in total. The number of nitrogens with zero attached hydrogens (tertiary/aromatic N) is 5. The molecule has 0 unspecified atom stereocenters. The van der Waals surface area contributed by atoms with Crippen molar-refractivity contribution < 1.29 is 4.39 Å². The molecule has 2 bridgehead atoms. The largest absolute Gasteiger partial charge is 0.340 e. The average Bonchev–Trinajstić information content (AvgIpc) is 3.28. The molecule has 0 saturated carbocycles. The van der Waals surface area contributed by atoms with Crippen LogP contribution in [0.2, 0.25) is 0 Å². The van der Waals surface area contributed by atoms with Gasteiger partial charge in [-0.2, -0.15) is 5.26 Å². The van der Waals surface area contributed by atoms with Crippen LogP contribution in [0.25, 0.3) is 0 Å². The first-order chi connectivity index (χ1) is 14.9. The second-order valence-corrected chi connectivity index (χ2v) is 9.62. The normalized spacial score (nSPS) is 26.1. The fourth-order valence-electron chi connectivity index (χ4n) is 5.78. The van der Waals surface area contributed by atoms with E-state index in [9.17, 15) is 14.4 Å². The van der Waals surface area contributed by atoms with Gasteiger partial charge in [0.05, 0.1) is 0 Å². The standard InChI is InChI=1S/C24H30FN5O/c1-16-19(8-22(9-26)27(16)2)13-29-10-17-7-20(14-29)23-4-3-18(24(31)30(23)11-17)12-28-6-5-21(25)15-28/h3-4,8,17,20-21H,5-7,10-15H2,1-2H3/t17-,20+,21+/m0/s1. The van der Waals surface area contributed by atoms with E-state index in [0.717, 1.165) is 56.1 Å². The fraction of sp³-hybridized carbons (Fsp3) is 0.583. The number of hydrogen-bond acceptors (Lipinski definition) is 4. The molecule has 5 rings (SSSR count). The SMILES string of the molecule is Cc1c(CN2C[C@@H]3C[C@H](C2)c2ccc(CN4CC[C@@H](F)C4)c(=O)n2C3)cc(C#N)n1C. The predicted octanol–water partition coefficient (Wildman–Crippen LogP) is 2.53. The van der Waals surface area contributed by atoms with Gasteiger partial charge in [-0.05, 0) is 43.4 Å². The highest BCUT2D eigenvalue weighted by Crippen LogP contribution is 2.36. The topological polar surface area (TPSA) is 57.2 Å². The third-order valence-corrected chi connectivity index (χ3v) is 7.52. The first kappa shape index (κ1) is 20.5. The summed E-state index contributed by atoms with van der Waals surface area (Å²) in [5, 5.41) is 9.32. The Morgan fingerprint density at radius 1 is 1.13 bits per heavy atom. The molecule has 7 heteroatoms. The zero-order valence-corrected chi connectivity index (χ0v) is 18.4. The maximum absolute atomic E-state index is 13.5. The fourth-order valence-corrected chi connectivity index (χ4v) is 5.78. The van der Waals surface area contributed by atoms with Crippen molar-refractivity contribution in [3.63, 3.8) is 0 Å². The number of aromatic nitrogens is 2. The Kier molecular flexibility index (Phi) is 5.23. The van der Waals surface area contributed by atoms with Gasteiger partial charge in [0.1, 0.15) is 17.9 Å². The Balaban J connectivity index is 1.34. The van der Waals surface area contributed by atoms with E-state index in [4.69, 9.17) is 0 Å². The number of fused-ring (bicyclic) bond motifs is 4. The molecule has 0 aromatic carbocycles. The molecule has 2 aromatic heterocycles. The molecular formula is C24H30FN5O. The Hall–Kier alpha value is -2.43. The van der Waals surface area contributed by atoms with E-state index >= 15 is 0 Å². The van der Waals surface area contributed by atoms with Crippen molar-refractivity contribution in [2.75, 3.05) is 26.2 Å². The van der Waals surface area contributed by atoms with E-state index in [0.29, 0.717) is 37.0 Å². The molecule has 3 atom stereocenters. The molecule has 2 saturated heterocycles. The van der Waals surface area contributed by atoms with Gasteiger partial charge in [0.25, 0.3) is 5.56 Å². The van der Waals surface area contributed by atoms with Crippen molar-refractivity contribution in [1.29, 1.82) is 5.26 Å². The van der Waals surface area contributed by atoms with E-state index in [1.165, 1.54) is 5.56 Å². The lowest BCUT2D eigenvalue weighted by atomic mass is 9.82. The van der Waals surface area contributed by atoms with E-state index in [1.54, 1.807) is 0 Å². The molecule has 3 aliphatic heterocycles. The van der Waals surface area contributed by atoms with Crippen LogP contribution in [0.1, 0.15) is 47.0 Å². The quantitative estimate of drug-likeness (QED) is 0.758. The van der Waals surface area contributed by atoms with Crippen LogP contribution in [0.4, 0.5) is 4.39 Å². The van der Waals surface area contributed by atoms with Crippen LogP contribution in [0.15, 0.2) is 23.0 Å². The number of likely N-dealkylation sites (tertiary alicyclic amines) is 2. The maximum atomic E-state index is 13.5. The van der Waals surface area contributed by atoms with E-state index in [-0.39, 0.29) is 5.56 Å². The van der Waals surface area contributed by atoms with Gasteiger partial charge in [0, 0.05) is 75.7 Å². The van der Waals surface area contributed by atoms with Crippen LogP contribution in [0, 0.1) is 24.2 Å². The van der Waals surface area contributed by atoms with Gasteiger partial charge >= 0.3 is 0 Å². The summed E-state index contributed by atoms with van der Waals surface area (Å²) in [4.78, 5) is 17.7. The minimum atomic E-state index is -0.761. The van der Waals surface area contributed by atoms with Crippen LogP contribution in [0.5, 0.6) is 0 Å². The summed E-state index contributed by atoms with van der Waals surface area (Å²) < 4.78 is 17.5. The molecule has 0 amide bonds. The van der Waals surface area contributed by atoms with Crippen LogP contribution >= 0.6 is 0 Å². The summed E-state index contributed by atoms with van der Waals surface area (Å²) >= 11 is 0. The summed E-state index contributed by atoms with van der Waals surface area (Å²) in [6.07, 6.45) is 0.939. The number of hydrogen-bond donors (Lipinski definition) is 0. The lowest BCUT2D eigenvalue weighted by Gasteiger charge is -2.43. The van der Waals surface area contributed by atoms with Crippen molar-refractivity contribution >= 4 is 0 Å². The van der Waals surface area contributed by atoms with Gasteiger partial charge in [-0.25, -0.2) is 4.39 Å². The first-order valence-electron chi connectivity index (χ1n) is 11.3. The molecule has 31 heavy (non-hydrogen) atoms. The number of piperidine rings is 1. The summed E-state index contributed by atoms with van der Waals surface area (Å²) in [7, 11) is 1.94. The van der Waals surface area contributed by atoms with Crippen molar-refractivity contribution in [1.82, 2.24) is 18.9 Å². The van der Waals surface area contributed by atoms with Crippen molar-refractivity contribution in [3.05, 3.63) is 56.8 Å². The predicted molar refractivity (Wildman–Crippen MR) is 116 cm³/mol. The molecule has 164 valence electrons. The lowest BCUT2D eigenvalue weighted by molar-refractivity contribution is 0.114. The van der Waals surface area contributed by atoms with Gasteiger partial charge in [0.15, 0.2) is 0 Å². The Morgan fingerprint density at radius 2 is 1.94 bits per heavy atom. The van der Waals surface area contributed by atoms with Crippen LogP contribution in [0.3, 0.4) is 0 Å². The van der Waals surface area contributed by atoms with Gasteiger partial charge in [-0.1, -0.05) is 6.07 Å². The molecule has 0 aliphatic carbocycles. The minimum Gasteiger partial charge on any atom is -0.340 e. The molecular weight excluding hydrogens is 393 g/mol. The summed E-state index contributed by atoms with van der Waals surface area (Å²) in [6, 6.07) is 8.38. The number of halogens is 1. The third kappa shape index (κ3) is 3.72. The van der Waals surface area contributed by atoms with E-state index < -0.39 is 6.17 Å². The number of alkyl halides is 1. The van der Waals surface area contributed by atoms with Crippen LogP contribution in [-0.4, -0.2) is 51.3 Å². The Bertz CT molecular complexity index is 1100. The van der Waals surface area contributed by atoms with Crippen molar-refractivity contribution in [2.24, 2.45) is 13.0 Å². The third-order valence-electron chi connectivity index (χ3n) is 7.52. The molecule has 6 nitrogen and oxygen atoms in total. The van der Waals surface area contributed by atoms with Gasteiger partial charge in [0.2, 0.25) is 0 Å². The Labute approximate surface area is 182 Å². The smallest absolute Gasteiger partial charge is 0.255 e. The van der Waals surface area contributed by atoms with E-state index in [2.05, 4.69) is 28.9 Å². The highest BCUT2D eigenvalue weighted by Gasteiger charge is 2.35. The van der Waals surface area contributed by atoms with Gasteiger partial charge < -0.3 is 9.13 Å². The number of pyridine rings is 1. The molecule has 2 aromatic rings. The average molecular weight is 424 g/mol. The summed E-state index contributed by atoms with van der Waals surface area (Å²) in [5.74, 6) is 0.816. The minimum absolute atomic E-state index is 0.112. The number of nitriles is 1. The lowest BCUT2D eigenvalue weighted by Crippen LogP contribution is -2.47. The van der Waals surface area contributed by atoms with Crippen LogP contribution < -0.4 is 5.56 Å². The zero-order chi connectivity index (χ0) is 21.7. The van der Waals surface area contributed by atoms with Crippen molar-refractivity contribution in [3.8, 4) is 6.07 Å². The second kappa shape index (κ2) is 7.92. The van der Waals surface area contributed by atoms with Crippen LogP contribution in [-0.2, 0) is 26.7 Å². The highest BCUT2D eigenvalue weighted by atomic mass is 19.1. The molecule has 3 aliphatic rings. The molecule has 0 radical (unpaired) electrons. The molecule has 5 heterocycles. The maximum Gasteiger partial charge on any atom is 0.255 e. The van der Waals surface area contributed by atoms with E-state index in [1.807, 2.05) is 28.3 Å². The second-order valence-electron chi connectivity index (χ2n) is 9.62. The molecule has 2 fully saturated rings. The zero-order valence-electron chi connectivity index (χ0n) is 18.4. The number of rotatable bonds is 4.